The molecule has 26 heavy (non-hydrogen) atoms. The van der Waals surface area contributed by atoms with Gasteiger partial charge >= 0.3 is 0 Å². The molecule has 7 heteroatoms. The zero-order valence-corrected chi connectivity index (χ0v) is 14.8. The third-order valence-corrected chi connectivity index (χ3v) is 4.71. The van der Waals surface area contributed by atoms with E-state index in [9.17, 15) is 9.18 Å². The summed E-state index contributed by atoms with van der Waals surface area (Å²) in [6, 6.07) is 6.35. The summed E-state index contributed by atoms with van der Waals surface area (Å²) in [4.78, 5) is 19.5. The van der Waals surface area contributed by atoms with Crippen LogP contribution in [0.5, 0.6) is 0 Å². The van der Waals surface area contributed by atoms with Crippen LogP contribution in [0.15, 0.2) is 30.5 Å². The van der Waals surface area contributed by atoms with Crippen molar-refractivity contribution in [3.63, 3.8) is 0 Å². The first-order valence-corrected chi connectivity index (χ1v) is 8.71. The predicted octanol–water partition coefficient (Wildman–Crippen LogP) is 3.34. The van der Waals surface area contributed by atoms with Crippen LogP contribution in [-0.4, -0.2) is 33.6 Å². The van der Waals surface area contributed by atoms with E-state index in [1.165, 1.54) is 6.07 Å². The van der Waals surface area contributed by atoms with Crippen molar-refractivity contribution in [3.05, 3.63) is 53.2 Å². The van der Waals surface area contributed by atoms with Gasteiger partial charge in [-0.15, -0.1) is 0 Å². The van der Waals surface area contributed by atoms with Gasteiger partial charge in [-0.1, -0.05) is 6.07 Å². The Bertz CT molecular complexity index is 991. The molecule has 134 valence electrons. The van der Waals surface area contributed by atoms with Crippen molar-refractivity contribution in [3.8, 4) is 0 Å². The lowest BCUT2D eigenvalue weighted by Gasteiger charge is -2.17. The van der Waals surface area contributed by atoms with Gasteiger partial charge in [0.25, 0.3) is 5.91 Å². The molecule has 1 aliphatic heterocycles. The van der Waals surface area contributed by atoms with E-state index in [0.29, 0.717) is 11.3 Å². The Labute approximate surface area is 150 Å². The number of aryl methyl sites for hydroxylation is 1. The van der Waals surface area contributed by atoms with Crippen LogP contribution in [0.4, 0.5) is 15.9 Å². The smallest absolute Gasteiger partial charge is 0.276 e. The van der Waals surface area contributed by atoms with Gasteiger partial charge in [0.1, 0.15) is 11.3 Å². The molecule has 0 spiro atoms. The minimum absolute atomic E-state index is 0.279. The number of halogens is 1. The summed E-state index contributed by atoms with van der Waals surface area (Å²) < 4.78 is 15.4. The second-order valence-corrected chi connectivity index (χ2v) is 6.63. The van der Waals surface area contributed by atoms with Gasteiger partial charge in [0.05, 0.1) is 11.9 Å². The fourth-order valence-corrected chi connectivity index (χ4v) is 3.29. The number of benzene rings is 1. The Kier molecular flexibility index (Phi) is 4.06. The van der Waals surface area contributed by atoms with Gasteiger partial charge in [-0.2, -0.15) is 5.10 Å². The maximum atomic E-state index is 13.7. The summed E-state index contributed by atoms with van der Waals surface area (Å²) in [5, 5.41) is 7.14. The van der Waals surface area contributed by atoms with Crippen LogP contribution in [-0.2, 0) is 0 Å². The molecule has 1 saturated heterocycles. The number of carbonyl (C=O) groups excluding carboxylic acids is 1. The van der Waals surface area contributed by atoms with Crippen LogP contribution < -0.4 is 10.2 Å². The SMILES string of the molecule is Cc1cn2nc(C(=O)Nc3cccc(F)c3C)cc2c(N2CCCC2)n1. The number of nitrogens with one attached hydrogen (secondary N) is 1. The van der Waals surface area contributed by atoms with Crippen LogP contribution in [0.25, 0.3) is 5.52 Å². The fraction of sp³-hybridized carbons (Fsp3) is 0.316. The van der Waals surface area contributed by atoms with Gasteiger partial charge < -0.3 is 10.2 Å². The van der Waals surface area contributed by atoms with Crippen LogP contribution in [0.2, 0.25) is 0 Å². The topological polar surface area (TPSA) is 62.5 Å². The molecule has 0 aliphatic carbocycles. The van der Waals surface area contributed by atoms with Crippen molar-refractivity contribution >= 4 is 22.9 Å². The van der Waals surface area contributed by atoms with E-state index in [-0.39, 0.29) is 17.4 Å². The zero-order valence-electron chi connectivity index (χ0n) is 14.8. The third kappa shape index (κ3) is 2.89. The summed E-state index contributed by atoms with van der Waals surface area (Å²) in [5.74, 6) is 0.136. The van der Waals surface area contributed by atoms with Crippen molar-refractivity contribution in [2.45, 2.75) is 26.7 Å². The summed E-state index contributed by atoms with van der Waals surface area (Å²) >= 11 is 0. The monoisotopic (exact) mass is 353 g/mol. The Morgan fingerprint density at radius 1 is 1.23 bits per heavy atom. The Balaban J connectivity index is 1.69. The van der Waals surface area contributed by atoms with Crippen LogP contribution in [0, 0.1) is 19.7 Å². The molecule has 4 rings (SSSR count). The number of rotatable bonds is 3. The molecular weight excluding hydrogens is 333 g/mol. The van der Waals surface area contributed by atoms with E-state index < -0.39 is 0 Å². The molecule has 3 aromatic rings. The minimum Gasteiger partial charge on any atom is -0.355 e. The Morgan fingerprint density at radius 2 is 2.00 bits per heavy atom. The molecule has 3 heterocycles. The summed E-state index contributed by atoms with van der Waals surface area (Å²) in [6.45, 7) is 5.46. The number of hydrogen-bond donors (Lipinski definition) is 1. The molecule has 0 atom stereocenters. The lowest BCUT2D eigenvalue weighted by molar-refractivity contribution is 0.102. The van der Waals surface area contributed by atoms with Gasteiger partial charge in [0.15, 0.2) is 11.5 Å². The Morgan fingerprint density at radius 3 is 2.77 bits per heavy atom. The molecule has 1 amide bonds. The second-order valence-electron chi connectivity index (χ2n) is 6.63. The summed E-state index contributed by atoms with van der Waals surface area (Å²) in [6.07, 6.45) is 4.09. The molecule has 2 aromatic heterocycles. The highest BCUT2D eigenvalue weighted by atomic mass is 19.1. The van der Waals surface area contributed by atoms with Crippen molar-refractivity contribution in [1.29, 1.82) is 0 Å². The van der Waals surface area contributed by atoms with Crippen molar-refractivity contribution in [1.82, 2.24) is 14.6 Å². The van der Waals surface area contributed by atoms with E-state index in [4.69, 9.17) is 0 Å². The zero-order chi connectivity index (χ0) is 18.3. The lowest BCUT2D eigenvalue weighted by Crippen LogP contribution is -2.20. The van der Waals surface area contributed by atoms with E-state index >= 15 is 0 Å². The van der Waals surface area contributed by atoms with Crippen molar-refractivity contribution in [2.75, 3.05) is 23.3 Å². The van der Waals surface area contributed by atoms with E-state index in [2.05, 4.69) is 20.3 Å². The van der Waals surface area contributed by atoms with Crippen LogP contribution in [0.3, 0.4) is 0 Å². The summed E-state index contributed by atoms with van der Waals surface area (Å²) in [5.41, 5.74) is 2.77. The van der Waals surface area contributed by atoms with Crippen LogP contribution in [0.1, 0.15) is 34.6 Å². The molecule has 1 aliphatic rings. The first-order valence-electron chi connectivity index (χ1n) is 8.71. The average molecular weight is 353 g/mol. The molecule has 0 saturated carbocycles. The number of aromatic nitrogens is 3. The highest BCUT2D eigenvalue weighted by Crippen LogP contribution is 2.25. The standard InChI is InChI=1S/C19H20FN5O/c1-12-11-25-17(18(21-12)24-8-3-4-9-24)10-16(23-25)19(26)22-15-7-5-6-14(20)13(15)2/h5-7,10-11H,3-4,8-9H2,1-2H3,(H,22,26). The van der Waals surface area contributed by atoms with E-state index in [1.807, 2.05) is 6.92 Å². The Hall–Kier alpha value is -2.96. The number of hydrogen-bond acceptors (Lipinski definition) is 4. The van der Waals surface area contributed by atoms with Crippen molar-refractivity contribution in [2.24, 2.45) is 0 Å². The molecule has 1 aromatic carbocycles. The molecule has 1 fully saturated rings. The van der Waals surface area contributed by atoms with Gasteiger partial charge in [-0.3, -0.25) is 4.79 Å². The maximum Gasteiger partial charge on any atom is 0.276 e. The third-order valence-electron chi connectivity index (χ3n) is 4.71. The minimum atomic E-state index is -0.368. The molecule has 1 N–H and O–H groups in total. The molecule has 0 unspecified atom stereocenters. The number of fused-ring (bicyclic) bond motifs is 1. The number of amides is 1. The first-order chi connectivity index (χ1) is 12.5. The van der Waals surface area contributed by atoms with Gasteiger partial charge in [0.2, 0.25) is 0 Å². The van der Waals surface area contributed by atoms with Crippen LogP contribution >= 0.6 is 0 Å². The second kappa shape index (κ2) is 6.40. The largest absolute Gasteiger partial charge is 0.355 e. The van der Waals surface area contributed by atoms with Gasteiger partial charge in [0, 0.05) is 30.4 Å². The van der Waals surface area contributed by atoms with E-state index in [1.54, 1.807) is 35.8 Å². The maximum absolute atomic E-state index is 13.7. The average Bonchev–Trinajstić information content (AvgIpc) is 3.27. The first kappa shape index (κ1) is 16.5. The predicted molar refractivity (Wildman–Crippen MR) is 98.3 cm³/mol. The lowest BCUT2D eigenvalue weighted by atomic mass is 10.2. The van der Waals surface area contributed by atoms with Crippen molar-refractivity contribution < 1.29 is 9.18 Å². The van der Waals surface area contributed by atoms with Gasteiger partial charge in [-0.25, -0.2) is 13.9 Å². The highest BCUT2D eigenvalue weighted by Gasteiger charge is 2.20. The quantitative estimate of drug-likeness (QED) is 0.784. The molecule has 0 radical (unpaired) electrons. The number of carbonyl (C=O) groups is 1. The number of nitrogens with zero attached hydrogens (tertiary/aromatic N) is 4. The fourth-order valence-electron chi connectivity index (χ4n) is 3.29. The van der Waals surface area contributed by atoms with Gasteiger partial charge in [-0.05, 0) is 38.8 Å². The molecule has 0 bridgehead atoms. The highest BCUT2D eigenvalue weighted by molar-refractivity contribution is 6.04. The van der Waals surface area contributed by atoms with E-state index in [0.717, 1.165) is 43.0 Å². The summed E-state index contributed by atoms with van der Waals surface area (Å²) in [7, 11) is 0. The molecular formula is C19H20FN5O. The normalized spacial score (nSPS) is 14.2. The molecule has 6 nitrogen and oxygen atoms in total. The number of anilines is 2.